The maximum atomic E-state index is 5.66. The topological polar surface area (TPSA) is 30.5 Å². The second-order valence-electron chi connectivity index (χ2n) is 6.38. The van der Waals surface area contributed by atoms with Gasteiger partial charge in [-0.2, -0.15) is 0 Å². The highest BCUT2D eigenvalue weighted by atomic mass is 32.1. The van der Waals surface area contributed by atoms with Crippen LogP contribution in [0.4, 0.5) is 5.69 Å². The van der Waals surface area contributed by atoms with Crippen LogP contribution in [-0.2, 0) is 15.9 Å². The molecular weight excluding hydrogens is 318 g/mol. The molecule has 1 aliphatic carbocycles. The van der Waals surface area contributed by atoms with Crippen LogP contribution in [0.25, 0.3) is 10.1 Å². The van der Waals surface area contributed by atoms with E-state index in [4.69, 9.17) is 9.47 Å². The number of fused-ring (bicyclic) bond motifs is 2. The molecular formula is C20H19NO2S. The maximum absolute atomic E-state index is 5.66. The van der Waals surface area contributed by atoms with Gasteiger partial charge in [0.15, 0.2) is 6.29 Å². The molecule has 2 aliphatic rings. The Bertz CT molecular complexity index is 882. The first-order valence-corrected chi connectivity index (χ1v) is 9.30. The van der Waals surface area contributed by atoms with Crippen LogP contribution in [-0.4, -0.2) is 13.2 Å². The molecule has 4 heteroatoms. The van der Waals surface area contributed by atoms with Gasteiger partial charge in [-0.05, 0) is 41.5 Å². The first-order chi connectivity index (χ1) is 11.9. The summed E-state index contributed by atoms with van der Waals surface area (Å²) >= 11 is 1.77. The number of thiophene rings is 1. The summed E-state index contributed by atoms with van der Waals surface area (Å²) in [4.78, 5) is 1.16. The van der Waals surface area contributed by atoms with E-state index in [1.54, 1.807) is 11.3 Å². The maximum Gasteiger partial charge on any atom is 0.193 e. The average Bonchev–Trinajstić information content (AvgIpc) is 3.34. The molecule has 3 aromatic rings. The number of benzene rings is 2. The highest BCUT2D eigenvalue weighted by Crippen LogP contribution is 2.40. The summed E-state index contributed by atoms with van der Waals surface area (Å²) in [5.41, 5.74) is 4.12. The summed E-state index contributed by atoms with van der Waals surface area (Å²) in [5.74, 6) is 0. The fourth-order valence-electron chi connectivity index (χ4n) is 3.73. The minimum Gasteiger partial charge on any atom is -0.377 e. The van der Waals surface area contributed by atoms with Gasteiger partial charge in [0.05, 0.1) is 34.5 Å². The van der Waals surface area contributed by atoms with Crippen molar-refractivity contribution in [2.75, 3.05) is 18.5 Å². The van der Waals surface area contributed by atoms with Crippen molar-refractivity contribution in [1.82, 2.24) is 0 Å². The van der Waals surface area contributed by atoms with Gasteiger partial charge in [0.2, 0.25) is 0 Å². The molecule has 0 radical (unpaired) electrons. The molecule has 122 valence electrons. The van der Waals surface area contributed by atoms with Crippen LogP contribution in [0, 0.1) is 0 Å². The van der Waals surface area contributed by atoms with Gasteiger partial charge >= 0.3 is 0 Å². The molecule has 0 spiro atoms. The minimum atomic E-state index is -0.192. The molecule has 1 N–H and O–H groups in total. The van der Waals surface area contributed by atoms with E-state index < -0.39 is 0 Å². The average molecular weight is 337 g/mol. The third kappa shape index (κ3) is 2.42. The van der Waals surface area contributed by atoms with Crippen LogP contribution in [0.5, 0.6) is 0 Å². The molecule has 2 heterocycles. The predicted octanol–water partition coefficient (Wildman–Crippen LogP) is 5.05. The van der Waals surface area contributed by atoms with Crippen molar-refractivity contribution in [3.63, 3.8) is 0 Å². The van der Waals surface area contributed by atoms with E-state index in [1.807, 2.05) is 0 Å². The monoisotopic (exact) mass is 337 g/mol. The zero-order valence-electron chi connectivity index (χ0n) is 13.3. The third-order valence-electron chi connectivity index (χ3n) is 4.88. The van der Waals surface area contributed by atoms with E-state index in [1.165, 1.54) is 26.9 Å². The molecule has 2 aromatic carbocycles. The van der Waals surface area contributed by atoms with Gasteiger partial charge in [-0.15, -0.1) is 11.3 Å². The van der Waals surface area contributed by atoms with Crippen molar-refractivity contribution in [2.24, 2.45) is 0 Å². The van der Waals surface area contributed by atoms with Crippen LogP contribution in [0.2, 0.25) is 0 Å². The van der Waals surface area contributed by atoms with Crippen molar-refractivity contribution in [3.05, 3.63) is 64.5 Å². The zero-order chi connectivity index (χ0) is 15.9. The second kappa shape index (κ2) is 5.88. The standard InChI is InChI=1S/C20H19NO2S/c1-2-6-15-13(4-1)8-9-16(15)21-17-7-3-5-14-12-18(24-19(14)17)20-22-10-11-23-20/h1-7,12,16,20-21H,8-11H2/t16-/m1/s1. The lowest BCUT2D eigenvalue weighted by atomic mass is 10.1. The quantitative estimate of drug-likeness (QED) is 0.726. The molecule has 3 nitrogen and oxygen atoms in total. The molecule has 24 heavy (non-hydrogen) atoms. The van der Waals surface area contributed by atoms with Crippen LogP contribution >= 0.6 is 11.3 Å². The Hall–Kier alpha value is -1.88. The van der Waals surface area contributed by atoms with Gasteiger partial charge < -0.3 is 14.8 Å². The highest BCUT2D eigenvalue weighted by Gasteiger charge is 2.24. The van der Waals surface area contributed by atoms with Crippen molar-refractivity contribution < 1.29 is 9.47 Å². The highest BCUT2D eigenvalue weighted by molar-refractivity contribution is 7.19. The molecule has 5 rings (SSSR count). The number of ether oxygens (including phenoxy) is 2. The lowest BCUT2D eigenvalue weighted by Gasteiger charge is -2.16. The summed E-state index contributed by atoms with van der Waals surface area (Å²) in [6.07, 6.45) is 2.12. The van der Waals surface area contributed by atoms with Crippen LogP contribution < -0.4 is 5.32 Å². The van der Waals surface area contributed by atoms with Crippen molar-refractivity contribution >= 4 is 27.1 Å². The van der Waals surface area contributed by atoms with Crippen molar-refractivity contribution in [1.29, 1.82) is 0 Å². The summed E-state index contributed by atoms with van der Waals surface area (Å²) in [6.45, 7) is 1.37. The zero-order valence-corrected chi connectivity index (χ0v) is 14.1. The lowest BCUT2D eigenvalue weighted by molar-refractivity contribution is -0.0412. The number of anilines is 1. The first-order valence-electron chi connectivity index (χ1n) is 8.48. The number of hydrogen-bond donors (Lipinski definition) is 1. The van der Waals surface area contributed by atoms with E-state index in [-0.39, 0.29) is 6.29 Å². The molecule has 0 saturated carbocycles. The lowest BCUT2D eigenvalue weighted by Crippen LogP contribution is -2.06. The van der Waals surface area contributed by atoms with E-state index in [2.05, 4.69) is 53.8 Å². The molecule has 1 atom stereocenters. The van der Waals surface area contributed by atoms with E-state index in [0.717, 1.165) is 17.7 Å². The van der Waals surface area contributed by atoms with E-state index >= 15 is 0 Å². The molecule has 0 unspecified atom stereocenters. The first kappa shape index (κ1) is 14.5. The van der Waals surface area contributed by atoms with Gasteiger partial charge in [-0.3, -0.25) is 0 Å². The Morgan fingerprint density at radius 3 is 2.79 bits per heavy atom. The van der Waals surface area contributed by atoms with Crippen LogP contribution in [0.3, 0.4) is 0 Å². The van der Waals surface area contributed by atoms with Gasteiger partial charge in [-0.1, -0.05) is 36.4 Å². The molecule has 1 aromatic heterocycles. The third-order valence-corrected chi connectivity index (χ3v) is 6.09. The van der Waals surface area contributed by atoms with Crippen LogP contribution in [0.15, 0.2) is 48.5 Å². The molecule has 0 amide bonds. The number of rotatable bonds is 3. The number of hydrogen-bond acceptors (Lipinski definition) is 4. The van der Waals surface area contributed by atoms with E-state index in [0.29, 0.717) is 19.3 Å². The Kier molecular flexibility index (Phi) is 3.55. The Morgan fingerprint density at radius 1 is 1.00 bits per heavy atom. The smallest absolute Gasteiger partial charge is 0.193 e. The minimum absolute atomic E-state index is 0.192. The van der Waals surface area contributed by atoms with Crippen LogP contribution in [0.1, 0.15) is 34.8 Å². The fourth-order valence-corrected chi connectivity index (χ4v) is 4.87. The van der Waals surface area contributed by atoms with Crippen molar-refractivity contribution in [3.8, 4) is 0 Å². The normalized spacial score (nSPS) is 20.6. The Labute approximate surface area is 145 Å². The summed E-state index contributed by atoms with van der Waals surface area (Å²) in [6, 6.07) is 17.8. The molecule has 1 aliphatic heterocycles. The predicted molar refractivity (Wildman–Crippen MR) is 97.6 cm³/mol. The number of aryl methyl sites for hydroxylation is 1. The number of nitrogens with one attached hydrogen (secondary N) is 1. The Morgan fingerprint density at radius 2 is 1.88 bits per heavy atom. The summed E-state index contributed by atoms with van der Waals surface area (Å²) < 4.78 is 12.6. The summed E-state index contributed by atoms with van der Waals surface area (Å²) in [7, 11) is 0. The SMILES string of the molecule is c1ccc2c(c1)CC[C@H]2Nc1cccc2cc(C3OCCO3)sc12. The van der Waals surface area contributed by atoms with Gasteiger partial charge in [0, 0.05) is 0 Å². The van der Waals surface area contributed by atoms with Gasteiger partial charge in [-0.25, -0.2) is 0 Å². The second-order valence-corrected chi connectivity index (χ2v) is 7.46. The van der Waals surface area contributed by atoms with E-state index in [9.17, 15) is 0 Å². The molecule has 1 saturated heterocycles. The van der Waals surface area contributed by atoms with Gasteiger partial charge in [0.1, 0.15) is 0 Å². The molecule has 0 bridgehead atoms. The Balaban J connectivity index is 1.49. The fraction of sp³-hybridized carbons (Fsp3) is 0.300. The van der Waals surface area contributed by atoms with Crippen molar-refractivity contribution in [2.45, 2.75) is 25.2 Å². The summed E-state index contributed by atoms with van der Waals surface area (Å²) in [5, 5.41) is 5.03. The molecule has 1 fully saturated rings. The largest absolute Gasteiger partial charge is 0.377 e. The van der Waals surface area contributed by atoms with Gasteiger partial charge in [0.25, 0.3) is 0 Å².